The second-order valence-electron chi connectivity index (χ2n) is 5.53. The molecule has 0 bridgehead atoms. The topological polar surface area (TPSA) is 101 Å². The molecule has 0 atom stereocenters. The van der Waals surface area contributed by atoms with E-state index in [9.17, 15) is 22.8 Å². The number of anilines is 1. The standard InChI is InChI=1S/C15H16F3N3O5S/c1-8(2)21(14(23)24)5-6-25-13(22)20-12-19-10-4-3-9(7-11(10)27-12)26-15(16,17)18/h3-4,7-8H,5-6H2,1-2H3,(H,23,24)(H,19,20,22). The summed E-state index contributed by atoms with van der Waals surface area (Å²) in [6, 6.07) is 3.33. The fourth-order valence-corrected chi connectivity index (χ4v) is 2.97. The van der Waals surface area contributed by atoms with Crippen molar-refractivity contribution in [1.82, 2.24) is 9.88 Å². The highest BCUT2D eigenvalue weighted by Gasteiger charge is 2.31. The molecule has 0 saturated carbocycles. The highest BCUT2D eigenvalue weighted by atomic mass is 32.1. The monoisotopic (exact) mass is 407 g/mol. The Morgan fingerprint density at radius 1 is 1.37 bits per heavy atom. The molecule has 0 unspecified atom stereocenters. The number of hydrogen-bond acceptors (Lipinski definition) is 6. The lowest BCUT2D eigenvalue weighted by molar-refractivity contribution is -0.274. The molecule has 0 fully saturated rings. The lowest BCUT2D eigenvalue weighted by Crippen LogP contribution is -2.38. The van der Waals surface area contributed by atoms with Crippen molar-refractivity contribution in [2.75, 3.05) is 18.5 Å². The van der Waals surface area contributed by atoms with Gasteiger partial charge in [-0.2, -0.15) is 0 Å². The fraction of sp³-hybridized carbons (Fsp3) is 0.400. The Hall–Kier alpha value is -2.76. The number of thiazole rings is 1. The van der Waals surface area contributed by atoms with Crippen molar-refractivity contribution in [2.24, 2.45) is 0 Å². The maximum Gasteiger partial charge on any atom is 0.573 e. The molecule has 1 aromatic carbocycles. The number of carbonyl (C=O) groups excluding carboxylic acids is 1. The summed E-state index contributed by atoms with van der Waals surface area (Å²) >= 11 is 0.940. The average Bonchev–Trinajstić information content (AvgIpc) is 2.90. The molecule has 0 aliphatic carbocycles. The number of benzene rings is 1. The molecule has 0 aliphatic rings. The van der Waals surface area contributed by atoms with E-state index in [0.717, 1.165) is 28.4 Å². The van der Waals surface area contributed by atoms with E-state index in [2.05, 4.69) is 15.0 Å². The summed E-state index contributed by atoms with van der Waals surface area (Å²) in [7, 11) is 0. The number of nitrogens with zero attached hydrogens (tertiary/aromatic N) is 2. The van der Waals surface area contributed by atoms with E-state index in [1.807, 2.05) is 0 Å². The van der Waals surface area contributed by atoms with Crippen molar-refractivity contribution in [1.29, 1.82) is 0 Å². The van der Waals surface area contributed by atoms with Gasteiger partial charge in [0.25, 0.3) is 0 Å². The second kappa shape index (κ2) is 8.29. The number of fused-ring (bicyclic) bond motifs is 1. The Morgan fingerprint density at radius 3 is 2.67 bits per heavy atom. The lowest BCUT2D eigenvalue weighted by Gasteiger charge is -2.22. The number of amides is 2. The zero-order chi connectivity index (χ0) is 20.2. The number of alkyl halides is 3. The molecule has 1 heterocycles. The van der Waals surface area contributed by atoms with Crippen molar-refractivity contribution < 1.29 is 37.3 Å². The third-order valence-corrected chi connectivity index (χ3v) is 4.17. The van der Waals surface area contributed by atoms with Crippen LogP contribution in [0.4, 0.5) is 27.9 Å². The third-order valence-electron chi connectivity index (χ3n) is 3.24. The molecule has 0 spiro atoms. The van der Waals surface area contributed by atoms with Gasteiger partial charge in [0.15, 0.2) is 5.13 Å². The molecule has 1 aromatic heterocycles. The number of carboxylic acid groups (broad SMARTS) is 1. The van der Waals surface area contributed by atoms with Gasteiger partial charge in [0.05, 0.1) is 16.8 Å². The van der Waals surface area contributed by atoms with Crippen molar-refractivity contribution in [3.05, 3.63) is 18.2 Å². The summed E-state index contributed by atoms with van der Waals surface area (Å²) in [6.07, 6.45) is -6.78. The molecule has 2 N–H and O–H groups in total. The van der Waals surface area contributed by atoms with E-state index in [1.165, 1.54) is 6.07 Å². The number of hydrogen-bond donors (Lipinski definition) is 2. The minimum absolute atomic E-state index is 0.00158. The molecular weight excluding hydrogens is 391 g/mol. The van der Waals surface area contributed by atoms with E-state index in [1.54, 1.807) is 13.8 Å². The summed E-state index contributed by atoms with van der Waals surface area (Å²) in [6.45, 7) is 3.21. The molecule has 27 heavy (non-hydrogen) atoms. The molecule has 148 valence electrons. The number of ether oxygens (including phenoxy) is 2. The van der Waals surface area contributed by atoms with Crippen LogP contribution in [0.3, 0.4) is 0 Å². The van der Waals surface area contributed by atoms with Crippen LogP contribution in [0.1, 0.15) is 13.8 Å². The summed E-state index contributed by atoms with van der Waals surface area (Å²) in [4.78, 5) is 27.9. The number of carbonyl (C=O) groups is 2. The fourth-order valence-electron chi connectivity index (χ4n) is 2.09. The zero-order valence-electron chi connectivity index (χ0n) is 14.2. The van der Waals surface area contributed by atoms with Crippen LogP contribution in [0.2, 0.25) is 0 Å². The highest BCUT2D eigenvalue weighted by molar-refractivity contribution is 7.22. The number of aromatic nitrogens is 1. The Balaban J connectivity index is 1.93. The SMILES string of the molecule is CC(C)N(CCOC(=O)Nc1nc2ccc(OC(F)(F)F)cc2s1)C(=O)O. The Bertz CT molecular complexity index is 825. The first-order chi connectivity index (χ1) is 12.5. The van der Waals surface area contributed by atoms with Crippen LogP contribution in [0.5, 0.6) is 5.75 Å². The summed E-state index contributed by atoms with van der Waals surface area (Å²) in [5.41, 5.74) is 0.377. The minimum atomic E-state index is -4.80. The van der Waals surface area contributed by atoms with Gasteiger partial charge in [-0.05, 0) is 26.0 Å². The average molecular weight is 407 g/mol. The molecule has 8 nitrogen and oxygen atoms in total. The summed E-state index contributed by atoms with van der Waals surface area (Å²) < 4.78 is 45.8. The van der Waals surface area contributed by atoms with Crippen LogP contribution in [-0.4, -0.2) is 52.7 Å². The Labute approximate surface area is 155 Å². The van der Waals surface area contributed by atoms with Gasteiger partial charge >= 0.3 is 18.5 Å². The van der Waals surface area contributed by atoms with Crippen molar-refractivity contribution in [2.45, 2.75) is 26.3 Å². The van der Waals surface area contributed by atoms with Gasteiger partial charge in [0, 0.05) is 12.1 Å². The van der Waals surface area contributed by atoms with Crippen molar-refractivity contribution in [3.8, 4) is 5.75 Å². The Kier molecular flexibility index (Phi) is 6.31. The number of nitrogens with one attached hydrogen (secondary N) is 1. The first-order valence-electron chi connectivity index (χ1n) is 7.65. The van der Waals surface area contributed by atoms with E-state index in [4.69, 9.17) is 9.84 Å². The summed E-state index contributed by atoms with van der Waals surface area (Å²) in [5.74, 6) is -0.393. The third kappa shape index (κ3) is 6.16. The summed E-state index contributed by atoms with van der Waals surface area (Å²) in [5, 5.41) is 11.5. The molecule has 2 amide bonds. The van der Waals surface area contributed by atoms with Gasteiger partial charge in [-0.3, -0.25) is 5.32 Å². The lowest BCUT2D eigenvalue weighted by atomic mass is 10.3. The van der Waals surface area contributed by atoms with Gasteiger partial charge in [0.2, 0.25) is 0 Å². The highest BCUT2D eigenvalue weighted by Crippen LogP contribution is 2.31. The minimum Gasteiger partial charge on any atom is -0.465 e. The van der Waals surface area contributed by atoms with Crippen LogP contribution in [0.15, 0.2) is 18.2 Å². The number of rotatable bonds is 6. The molecule has 12 heteroatoms. The molecular formula is C15H16F3N3O5S. The first kappa shape index (κ1) is 20.6. The van der Waals surface area contributed by atoms with Crippen LogP contribution in [0, 0.1) is 0 Å². The van der Waals surface area contributed by atoms with E-state index >= 15 is 0 Å². The Morgan fingerprint density at radius 2 is 2.07 bits per heavy atom. The predicted molar refractivity (Wildman–Crippen MR) is 91.1 cm³/mol. The van der Waals surface area contributed by atoms with Crippen molar-refractivity contribution in [3.63, 3.8) is 0 Å². The van der Waals surface area contributed by atoms with Gasteiger partial charge in [-0.25, -0.2) is 14.6 Å². The van der Waals surface area contributed by atoms with Gasteiger partial charge in [-0.1, -0.05) is 11.3 Å². The van der Waals surface area contributed by atoms with Crippen LogP contribution >= 0.6 is 11.3 Å². The molecule has 0 aliphatic heterocycles. The molecule has 0 saturated heterocycles. The van der Waals surface area contributed by atoms with Gasteiger partial charge in [-0.15, -0.1) is 13.2 Å². The smallest absolute Gasteiger partial charge is 0.465 e. The zero-order valence-corrected chi connectivity index (χ0v) is 15.1. The number of halogens is 3. The largest absolute Gasteiger partial charge is 0.573 e. The van der Waals surface area contributed by atoms with E-state index in [0.29, 0.717) is 10.2 Å². The molecule has 2 rings (SSSR count). The second-order valence-corrected chi connectivity index (χ2v) is 6.56. The quantitative estimate of drug-likeness (QED) is 0.747. The van der Waals surface area contributed by atoms with Crippen LogP contribution in [0.25, 0.3) is 10.2 Å². The molecule has 2 aromatic rings. The van der Waals surface area contributed by atoms with Crippen LogP contribution < -0.4 is 10.1 Å². The molecule has 0 radical (unpaired) electrons. The van der Waals surface area contributed by atoms with E-state index in [-0.39, 0.29) is 24.3 Å². The van der Waals surface area contributed by atoms with Crippen molar-refractivity contribution >= 4 is 38.9 Å². The maximum absolute atomic E-state index is 12.2. The first-order valence-corrected chi connectivity index (χ1v) is 8.46. The maximum atomic E-state index is 12.2. The van der Waals surface area contributed by atoms with Crippen LogP contribution in [-0.2, 0) is 4.74 Å². The van der Waals surface area contributed by atoms with E-state index < -0.39 is 24.3 Å². The normalized spacial score (nSPS) is 11.5. The van der Waals surface area contributed by atoms with Gasteiger partial charge in [0.1, 0.15) is 12.4 Å². The predicted octanol–water partition coefficient (Wildman–Crippen LogP) is 4.13. The van der Waals surface area contributed by atoms with Gasteiger partial charge < -0.3 is 19.5 Å².